The van der Waals surface area contributed by atoms with Crippen molar-refractivity contribution >= 4 is 11.9 Å². The van der Waals surface area contributed by atoms with Gasteiger partial charge in [-0.2, -0.15) is 0 Å². The SMILES string of the molecule is O=C([O-])CCC(O)C(=O)[O-].[K+].[K+]. The average molecular weight is 224 g/mol. The summed E-state index contributed by atoms with van der Waals surface area (Å²) in [5, 5.41) is 27.9. The van der Waals surface area contributed by atoms with Gasteiger partial charge >= 0.3 is 103 Å². The molecule has 0 fully saturated rings. The molecule has 1 atom stereocenters. The quantitative estimate of drug-likeness (QED) is 0.478. The molecule has 0 radical (unpaired) electrons. The maximum absolute atomic E-state index is 9.74. The molecule has 0 aromatic rings. The van der Waals surface area contributed by atoms with E-state index >= 15 is 0 Å². The topological polar surface area (TPSA) is 100 Å². The van der Waals surface area contributed by atoms with E-state index in [2.05, 4.69) is 0 Å². The van der Waals surface area contributed by atoms with Gasteiger partial charge in [0.15, 0.2) is 0 Å². The van der Waals surface area contributed by atoms with Crippen LogP contribution in [0.3, 0.4) is 0 Å². The second-order valence-corrected chi connectivity index (χ2v) is 1.75. The monoisotopic (exact) mass is 224 g/mol. The van der Waals surface area contributed by atoms with Crippen molar-refractivity contribution in [1.29, 1.82) is 0 Å². The van der Waals surface area contributed by atoms with Crippen LogP contribution in [0.25, 0.3) is 0 Å². The Balaban J connectivity index is -0.000000405. The minimum Gasteiger partial charge on any atom is -0.550 e. The number of carbonyl (C=O) groups is 2. The summed E-state index contributed by atoms with van der Waals surface area (Å²) in [5.74, 6) is -3.05. The van der Waals surface area contributed by atoms with Crippen LogP contribution in [-0.4, -0.2) is 23.1 Å². The van der Waals surface area contributed by atoms with Gasteiger partial charge in [0.05, 0.1) is 12.1 Å². The first-order chi connectivity index (χ1) is 4.54. The van der Waals surface area contributed by atoms with E-state index in [1.165, 1.54) is 0 Å². The van der Waals surface area contributed by atoms with Crippen LogP contribution in [0.2, 0.25) is 0 Å². The summed E-state index contributed by atoms with van der Waals surface area (Å²) in [6, 6.07) is 0. The number of carboxylic acids is 2. The summed E-state index contributed by atoms with van der Waals surface area (Å²) in [6.07, 6.45) is -2.56. The fraction of sp³-hybridized carbons (Fsp3) is 0.600. The molecule has 0 aromatic carbocycles. The zero-order valence-electron chi connectivity index (χ0n) is 7.07. The van der Waals surface area contributed by atoms with Crippen LogP contribution in [0.5, 0.6) is 0 Å². The van der Waals surface area contributed by atoms with Crippen LogP contribution in [0, 0.1) is 0 Å². The molecule has 0 heterocycles. The van der Waals surface area contributed by atoms with Crippen LogP contribution < -0.4 is 113 Å². The molecule has 0 aromatic heterocycles. The van der Waals surface area contributed by atoms with Crippen LogP contribution in [-0.2, 0) is 9.59 Å². The van der Waals surface area contributed by atoms with Gasteiger partial charge < -0.3 is 24.9 Å². The molecule has 0 aliphatic heterocycles. The van der Waals surface area contributed by atoms with E-state index in [-0.39, 0.29) is 109 Å². The molecule has 0 rings (SSSR count). The first-order valence-electron chi connectivity index (χ1n) is 2.63. The number of aliphatic hydroxyl groups excluding tert-OH is 1. The second-order valence-electron chi connectivity index (χ2n) is 1.75. The Hall–Kier alpha value is 2.17. The maximum Gasteiger partial charge on any atom is 1.00 e. The molecule has 1 N–H and O–H groups in total. The smallest absolute Gasteiger partial charge is 0.550 e. The minimum absolute atomic E-state index is 0. The number of hydrogen-bond donors (Lipinski definition) is 1. The minimum atomic E-state index is -1.71. The largest absolute Gasteiger partial charge is 1.00 e. The Kier molecular flexibility index (Phi) is 18.5. The summed E-state index contributed by atoms with van der Waals surface area (Å²) in [7, 11) is 0. The van der Waals surface area contributed by atoms with E-state index in [1.54, 1.807) is 0 Å². The Labute approximate surface area is 155 Å². The summed E-state index contributed by atoms with van der Waals surface area (Å²) >= 11 is 0. The number of aliphatic carboxylic acids is 2. The molecule has 0 amide bonds. The fourth-order valence-electron chi connectivity index (χ4n) is 0.372. The van der Waals surface area contributed by atoms with Gasteiger partial charge in [-0.25, -0.2) is 0 Å². The Morgan fingerprint density at radius 3 is 1.92 bits per heavy atom. The zero-order valence-corrected chi connectivity index (χ0v) is 13.3. The molecule has 1 unspecified atom stereocenters. The molecule has 0 aliphatic carbocycles. The van der Waals surface area contributed by atoms with Crippen molar-refractivity contribution in [2.24, 2.45) is 0 Å². The van der Waals surface area contributed by atoms with Crippen molar-refractivity contribution in [2.45, 2.75) is 18.9 Å². The number of aliphatic hydroxyl groups is 1. The Morgan fingerprint density at radius 1 is 1.25 bits per heavy atom. The molecular weight excluding hydrogens is 218 g/mol. The van der Waals surface area contributed by atoms with Gasteiger partial charge in [0.1, 0.15) is 0 Å². The molecule has 7 heteroatoms. The summed E-state index contributed by atoms with van der Waals surface area (Å²) in [4.78, 5) is 19.4. The van der Waals surface area contributed by atoms with E-state index in [0.29, 0.717) is 0 Å². The van der Waals surface area contributed by atoms with Gasteiger partial charge in [-0.3, -0.25) is 0 Å². The van der Waals surface area contributed by atoms with Crippen LogP contribution in [0.4, 0.5) is 0 Å². The van der Waals surface area contributed by atoms with Crippen molar-refractivity contribution in [3.05, 3.63) is 0 Å². The Morgan fingerprint density at radius 2 is 1.67 bits per heavy atom. The van der Waals surface area contributed by atoms with Gasteiger partial charge in [0.2, 0.25) is 0 Å². The first-order valence-corrected chi connectivity index (χ1v) is 2.63. The van der Waals surface area contributed by atoms with E-state index in [0.717, 1.165) is 0 Å². The second kappa shape index (κ2) is 11.2. The van der Waals surface area contributed by atoms with Crippen molar-refractivity contribution in [3.63, 3.8) is 0 Å². The predicted molar refractivity (Wildman–Crippen MR) is 25.3 cm³/mol. The van der Waals surface area contributed by atoms with E-state index in [1.807, 2.05) is 0 Å². The summed E-state index contributed by atoms with van der Waals surface area (Å²) in [5.41, 5.74) is 0. The van der Waals surface area contributed by atoms with Crippen molar-refractivity contribution in [2.75, 3.05) is 0 Å². The summed E-state index contributed by atoms with van der Waals surface area (Å²) in [6.45, 7) is 0. The first kappa shape index (κ1) is 19.7. The van der Waals surface area contributed by atoms with Crippen LogP contribution >= 0.6 is 0 Å². The molecule has 0 saturated carbocycles. The molecule has 0 bridgehead atoms. The number of hydrogen-bond acceptors (Lipinski definition) is 5. The number of carboxylic acid groups (broad SMARTS) is 2. The van der Waals surface area contributed by atoms with Crippen LogP contribution in [0.1, 0.15) is 12.8 Å². The average Bonchev–Trinajstić information content (AvgIpc) is 1.82. The Bertz CT molecular complexity index is 149. The van der Waals surface area contributed by atoms with Gasteiger partial charge in [0.25, 0.3) is 0 Å². The van der Waals surface area contributed by atoms with E-state index < -0.39 is 24.5 Å². The third kappa shape index (κ3) is 12.2. The van der Waals surface area contributed by atoms with Gasteiger partial charge in [-0.05, 0) is 12.8 Å². The number of carbonyl (C=O) groups excluding carboxylic acids is 2. The van der Waals surface area contributed by atoms with E-state index in [4.69, 9.17) is 5.11 Å². The molecule has 5 nitrogen and oxygen atoms in total. The van der Waals surface area contributed by atoms with E-state index in [9.17, 15) is 19.8 Å². The normalized spacial score (nSPS) is 10.4. The molecule has 58 valence electrons. The molecule has 12 heavy (non-hydrogen) atoms. The molecule has 0 aliphatic rings. The fourth-order valence-corrected chi connectivity index (χ4v) is 0.372. The van der Waals surface area contributed by atoms with Crippen molar-refractivity contribution in [3.8, 4) is 0 Å². The zero-order chi connectivity index (χ0) is 8.15. The van der Waals surface area contributed by atoms with Gasteiger partial charge in [0, 0.05) is 5.97 Å². The van der Waals surface area contributed by atoms with Gasteiger partial charge in [-0.15, -0.1) is 0 Å². The van der Waals surface area contributed by atoms with Gasteiger partial charge in [-0.1, -0.05) is 0 Å². The predicted octanol–water partition coefficient (Wildman–Crippen LogP) is -9.36. The molecular formula is C5H6K2O5. The van der Waals surface area contributed by atoms with Crippen LogP contribution in [0.15, 0.2) is 0 Å². The van der Waals surface area contributed by atoms with Crippen molar-refractivity contribution < 1.29 is 128 Å². The number of rotatable bonds is 4. The molecule has 0 saturated heterocycles. The third-order valence-corrected chi connectivity index (χ3v) is 0.894. The standard InChI is InChI=1S/C5H8O5.2K/c6-3(5(9)10)1-2-4(7)8;;/h3,6H,1-2H2,(H,7,8)(H,9,10);;/q;2*+1/p-2. The third-order valence-electron chi connectivity index (χ3n) is 0.894. The molecule has 0 spiro atoms. The van der Waals surface area contributed by atoms with Crippen molar-refractivity contribution in [1.82, 2.24) is 0 Å². The summed E-state index contributed by atoms with van der Waals surface area (Å²) < 4.78 is 0. The maximum atomic E-state index is 9.74.